The Bertz CT molecular complexity index is 623. The Balaban J connectivity index is 1.88. The van der Waals surface area contributed by atoms with Gasteiger partial charge in [-0.05, 0) is 37.0 Å². The lowest BCUT2D eigenvalue weighted by Gasteiger charge is -2.21. The Labute approximate surface area is 115 Å². The Morgan fingerprint density at radius 1 is 1.20 bits per heavy atom. The number of aryl methyl sites for hydroxylation is 1. The number of hydrogen-bond donors (Lipinski definition) is 1. The lowest BCUT2D eigenvalue weighted by Crippen LogP contribution is -2.19. The van der Waals surface area contributed by atoms with E-state index in [4.69, 9.17) is 5.73 Å². The summed E-state index contributed by atoms with van der Waals surface area (Å²) in [7, 11) is 0. The third-order valence-corrected chi connectivity index (χ3v) is 3.56. The van der Waals surface area contributed by atoms with Crippen LogP contribution in [0.15, 0.2) is 24.4 Å². The van der Waals surface area contributed by atoms with Crippen LogP contribution in [-0.4, -0.2) is 9.97 Å². The first-order valence-corrected chi connectivity index (χ1v) is 6.67. The second-order valence-electron chi connectivity index (χ2n) is 5.14. The van der Waals surface area contributed by atoms with Gasteiger partial charge in [-0.25, -0.2) is 18.7 Å². The van der Waals surface area contributed by atoms with Crippen LogP contribution < -0.4 is 5.73 Å². The van der Waals surface area contributed by atoms with Crippen LogP contribution >= 0.6 is 0 Å². The van der Waals surface area contributed by atoms with E-state index in [1.807, 2.05) is 0 Å². The van der Waals surface area contributed by atoms with Crippen molar-refractivity contribution in [3.63, 3.8) is 0 Å². The number of rotatable bonds is 2. The van der Waals surface area contributed by atoms with Gasteiger partial charge in [-0.15, -0.1) is 0 Å². The summed E-state index contributed by atoms with van der Waals surface area (Å²) in [6, 6.07) is 3.46. The molecule has 2 aromatic rings. The van der Waals surface area contributed by atoms with Crippen molar-refractivity contribution in [1.82, 2.24) is 9.97 Å². The molecule has 1 aromatic heterocycles. The van der Waals surface area contributed by atoms with Crippen LogP contribution in [0.5, 0.6) is 0 Å². The predicted octanol–water partition coefficient (Wildman–Crippen LogP) is 2.68. The Hall–Kier alpha value is -1.88. The SMILES string of the molecule is NC1CCCc2nc(Cc3cc(F)cc(F)c3)ncc21. The van der Waals surface area contributed by atoms with E-state index < -0.39 is 11.6 Å². The van der Waals surface area contributed by atoms with Crippen LogP contribution in [0.2, 0.25) is 0 Å². The molecule has 0 aliphatic heterocycles. The quantitative estimate of drug-likeness (QED) is 0.916. The molecule has 0 fully saturated rings. The summed E-state index contributed by atoms with van der Waals surface area (Å²) in [6.07, 6.45) is 4.91. The van der Waals surface area contributed by atoms with Crippen molar-refractivity contribution in [2.24, 2.45) is 5.73 Å². The van der Waals surface area contributed by atoms with Crippen LogP contribution in [0.25, 0.3) is 0 Å². The molecule has 5 heteroatoms. The van der Waals surface area contributed by atoms with Crippen LogP contribution in [0.1, 0.15) is 41.5 Å². The highest BCUT2D eigenvalue weighted by Gasteiger charge is 2.19. The van der Waals surface area contributed by atoms with Gasteiger partial charge < -0.3 is 5.73 Å². The van der Waals surface area contributed by atoms with Crippen LogP contribution in [0.4, 0.5) is 8.78 Å². The van der Waals surface area contributed by atoms with Gasteiger partial charge in [0.05, 0.1) is 0 Å². The molecule has 0 saturated heterocycles. The molecule has 104 valence electrons. The second-order valence-corrected chi connectivity index (χ2v) is 5.14. The molecule has 1 heterocycles. The van der Waals surface area contributed by atoms with E-state index in [2.05, 4.69) is 9.97 Å². The summed E-state index contributed by atoms with van der Waals surface area (Å²) in [6.45, 7) is 0. The van der Waals surface area contributed by atoms with E-state index in [0.29, 0.717) is 17.8 Å². The zero-order valence-corrected chi connectivity index (χ0v) is 10.9. The number of halogens is 2. The lowest BCUT2D eigenvalue weighted by atomic mass is 9.93. The average molecular weight is 275 g/mol. The van der Waals surface area contributed by atoms with Gasteiger partial charge in [0.15, 0.2) is 0 Å². The number of nitrogens with two attached hydrogens (primary N) is 1. The van der Waals surface area contributed by atoms with E-state index in [9.17, 15) is 8.78 Å². The topological polar surface area (TPSA) is 51.8 Å². The zero-order valence-electron chi connectivity index (χ0n) is 10.9. The minimum Gasteiger partial charge on any atom is -0.324 e. The number of fused-ring (bicyclic) bond motifs is 1. The molecular formula is C15H15F2N3. The largest absolute Gasteiger partial charge is 0.324 e. The summed E-state index contributed by atoms with van der Waals surface area (Å²) in [5.41, 5.74) is 8.49. The summed E-state index contributed by atoms with van der Waals surface area (Å²) in [5.74, 6) is -0.595. The highest BCUT2D eigenvalue weighted by Crippen LogP contribution is 2.26. The van der Waals surface area contributed by atoms with Crippen LogP contribution in [-0.2, 0) is 12.8 Å². The molecule has 0 saturated carbocycles. The van der Waals surface area contributed by atoms with E-state index in [-0.39, 0.29) is 6.04 Å². The summed E-state index contributed by atoms with van der Waals surface area (Å²) >= 11 is 0. The van der Waals surface area contributed by atoms with Gasteiger partial charge in [0.1, 0.15) is 17.5 Å². The minimum absolute atomic E-state index is 0.000542. The zero-order chi connectivity index (χ0) is 14.1. The highest BCUT2D eigenvalue weighted by atomic mass is 19.1. The van der Waals surface area contributed by atoms with E-state index >= 15 is 0 Å². The molecule has 2 N–H and O–H groups in total. The number of benzene rings is 1. The fourth-order valence-electron chi connectivity index (χ4n) is 2.60. The third-order valence-electron chi connectivity index (χ3n) is 3.56. The molecule has 0 radical (unpaired) electrons. The first-order chi connectivity index (χ1) is 9.61. The van der Waals surface area contributed by atoms with E-state index in [1.54, 1.807) is 6.20 Å². The molecule has 20 heavy (non-hydrogen) atoms. The molecule has 1 unspecified atom stereocenters. The van der Waals surface area contributed by atoms with Crippen molar-refractivity contribution < 1.29 is 8.78 Å². The van der Waals surface area contributed by atoms with Gasteiger partial charge in [-0.2, -0.15) is 0 Å². The number of hydrogen-bond acceptors (Lipinski definition) is 3. The van der Waals surface area contributed by atoms with Crippen molar-refractivity contribution >= 4 is 0 Å². The van der Waals surface area contributed by atoms with Gasteiger partial charge in [-0.1, -0.05) is 0 Å². The lowest BCUT2D eigenvalue weighted by molar-refractivity contribution is 0.553. The van der Waals surface area contributed by atoms with Crippen LogP contribution in [0.3, 0.4) is 0 Å². The van der Waals surface area contributed by atoms with Crippen LogP contribution in [0, 0.1) is 11.6 Å². The molecular weight excluding hydrogens is 260 g/mol. The molecule has 0 bridgehead atoms. The Morgan fingerprint density at radius 3 is 2.70 bits per heavy atom. The van der Waals surface area contributed by atoms with Gasteiger partial charge in [0, 0.05) is 36.0 Å². The fourth-order valence-corrected chi connectivity index (χ4v) is 2.60. The maximum Gasteiger partial charge on any atom is 0.132 e. The van der Waals surface area contributed by atoms with Crippen molar-refractivity contribution in [3.05, 3.63) is 58.7 Å². The molecule has 1 aliphatic rings. The summed E-state index contributed by atoms with van der Waals surface area (Å²) in [4.78, 5) is 8.74. The maximum atomic E-state index is 13.2. The van der Waals surface area contributed by atoms with E-state index in [1.165, 1.54) is 12.1 Å². The summed E-state index contributed by atoms with van der Waals surface area (Å²) < 4.78 is 26.3. The minimum atomic E-state index is -0.583. The summed E-state index contributed by atoms with van der Waals surface area (Å²) in [5, 5.41) is 0. The van der Waals surface area contributed by atoms with E-state index in [0.717, 1.165) is 36.6 Å². The van der Waals surface area contributed by atoms with Gasteiger partial charge in [0.25, 0.3) is 0 Å². The smallest absolute Gasteiger partial charge is 0.132 e. The number of nitrogens with zero attached hydrogens (tertiary/aromatic N) is 2. The second kappa shape index (κ2) is 5.25. The first kappa shape index (κ1) is 13.1. The molecule has 1 aromatic carbocycles. The molecule has 0 amide bonds. The number of aromatic nitrogens is 2. The monoisotopic (exact) mass is 275 g/mol. The van der Waals surface area contributed by atoms with Gasteiger partial charge in [0.2, 0.25) is 0 Å². The predicted molar refractivity (Wildman–Crippen MR) is 71.1 cm³/mol. The Kier molecular flexibility index (Phi) is 3.44. The van der Waals surface area contributed by atoms with Crippen molar-refractivity contribution in [1.29, 1.82) is 0 Å². The highest BCUT2D eigenvalue weighted by molar-refractivity contribution is 5.26. The third kappa shape index (κ3) is 2.67. The normalized spacial score (nSPS) is 17.9. The van der Waals surface area contributed by atoms with Crippen molar-refractivity contribution in [2.45, 2.75) is 31.7 Å². The van der Waals surface area contributed by atoms with Gasteiger partial charge >= 0.3 is 0 Å². The van der Waals surface area contributed by atoms with Gasteiger partial charge in [-0.3, -0.25) is 0 Å². The Morgan fingerprint density at radius 2 is 1.95 bits per heavy atom. The first-order valence-electron chi connectivity index (χ1n) is 6.67. The van der Waals surface area contributed by atoms with Crippen molar-refractivity contribution in [3.8, 4) is 0 Å². The standard InChI is InChI=1S/C15H15F2N3/c16-10-4-9(5-11(17)7-10)6-15-19-8-12-13(18)2-1-3-14(12)20-15/h4-5,7-8,13H,1-3,6,18H2. The molecule has 0 spiro atoms. The fraction of sp³-hybridized carbons (Fsp3) is 0.333. The van der Waals surface area contributed by atoms with Crippen molar-refractivity contribution in [2.75, 3.05) is 0 Å². The average Bonchev–Trinajstić information content (AvgIpc) is 2.37. The molecule has 3 rings (SSSR count). The maximum absolute atomic E-state index is 13.2. The molecule has 3 nitrogen and oxygen atoms in total. The molecule has 1 aliphatic carbocycles. The molecule has 1 atom stereocenters.